The molecule has 0 bridgehead atoms. The van der Waals surface area contributed by atoms with E-state index in [0.717, 1.165) is 12.2 Å². The number of nitrogens with zero attached hydrogens (tertiary/aromatic N) is 1. The summed E-state index contributed by atoms with van der Waals surface area (Å²) in [6.45, 7) is 0.745. The fraction of sp³-hybridized carbons (Fsp3) is 0.0833. The Kier molecular flexibility index (Phi) is 3.45. The summed E-state index contributed by atoms with van der Waals surface area (Å²) in [5.74, 6) is 0. The summed E-state index contributed by atoms with van der Waals surface area (Å²) in [6.07, 6.45) is 0. The summed E-state index contributed by atoms with van der Waals surface area (Å²) in [5.41, 5.74) is 2.66. The summed E-state index contributed by atoms with van der Waals surface area (Å²) in [7, 11) is 0. The highest BCUT2D eigenvalue weighted by atomic mass is 35.5. The number of halogens is 1. The molecule has 1 aromatic carbocycles. The minimum atomic E-state index is 0.575. The normalized spacial score (nSPS) is 9.75. The number of benzene rings is 1. The highest BCUT2D eigenvalue weighted by Gasteiger charge is 2.01. The number of nitrogens with one attached hydrogen (secondary N) is 1. The number of hydrogen-bond acceptors (Lipinski definition) is 3. The summed E-state index contributed by atoms with van der Waals surface area (Å²) >= 11 is 7.71. The molecule has 2 aromatic rings. The van der Waals surface area contributed by atoms with E-state index in [0.29, 0.717) is 10.6 Å². The van der Waals surface area contributed by atoms with Crippen molar-refractivity contribution < 1.29 is 0 Å². The Morgan fingerprint density at radius 1 is 1.38 bits per heavy atom. The maximum Gasteiger partial charge on any atom is 0.0992 e. The van der Waals surface area contributed by atoms with E-state index < -0.39 is 0 Å². The van der Waals surface area contributed by atoms with Gasteiger partial charge in [-0.3, -0.25) is 0 Å². The van der Waals surface area contributed by atoms with E-state index in [1.807, 2.05) is 11.4 Å². The lowest BCUT2D eigenvalue weighted by Crippen LogP contribution is -1.98. The van der Waals surface area contributed by atoms with Crippen LogP contribution in [0.2, 0.25) is 5.02 Å². The van der Waals surface area contributed by atoms with Crippen LogP contribution in [0.3, 0.4) is 0 Å². The third kappa shape index (κ3) is 2.54. The summed E-state index contributed by atoms with van der Waals surface area (Å²) in [6, 6.07) is 9.36. The lowest BCUT2D eigenvalue weighted by atomic mass is 10.2. The predicted octanol–water partition coefficient (Wildman–Crippen LogP) is 3.89. The molecule has 80 valence electrons. The molecule has 0 saturated carbocycles. The standard InChI is InChI=1S/C12H9ClN2S/c13-11-5-9(6-14)1-2-12(11)15-7-10-3-4-16-8-10/h1-5,8,15H,7H2. The van der Waals surface area contributed by atoms with Gasteiger partial charge in [0.15, 0.2) is 0 Å². The van der Waals surface area contributed by atoms with Crippen LogP contribution in [0.25, 0.3) is 0 Å². The zero-order valence-electron chi connectivity index (χ0n) is 8.40. The molecular weight excluding hydrogens is 240 g/mol. The molecular formula is C12H9ClN2S. The van der Waals surface area contributed by atoms with Crippen molar-refractivity contribution in [2.45, 2.75) is 6.54 Å². The van der Waals surface area contributed by atoms with Gasteiger partial charge in [-0.1, -0.05) is 11.6 Å². The van der Waals surface area contributed by atoms with Crippen LogP contribution in [0.1, 0.15) is 11.1 Å². The Balaban J connectivity index is 2.08. The number of nitriles is 1. The first kappa shape index (κ1) is 11.0. The average molecular weight is 249 g/mol. The zero-order chi connectivity index (χ0) is 11.4. The van der Waals surface area contributed by atoms with E-state index in [1.54, 1.807) is 23.5 Å². The fourth-order valence-corrected chi connectivity index (χ4v) is 2.23. The SMILES string of the molecule is N#Cc1ccc(NCc2ccsc2)c(Cl)c1. The molecule has 1 aromatic heterocycles. The van der Waals surface area contributed by atoms with Gasteiger partial charge in [-0.2, -0.15) is 16.6 Å². The van der Waals surface area contributed by atoms with Crippen LogP contribution in [0.5, 0.6) is 0 Å². The summed E-state index contributed by atoms with van der Waals surface area (Å²) in [4.78, 5) is 0. The van der Waals surface area contributed by atoms with Gasteiger partial charge >= 0.3 is 0 Å². The molecule has 0 radical (unpaired) electrons. The van der Waals surface area contributed by atoms with Gasteiger partial charge in [-0.25, -0.2) is 0 Å². The van der Waals surface area contributed by atoms with Crippen LogP contribution < -0.4 is 5.32 Å². The van der Waals surface area contributed by atoms with Gasteiger partial charge in [0.2, 0.25) is 0 Å². The van der Waals surface area contributed by atoms with Crippen molar-refractivity contribution in [1.82, 2.24) is 0 Å². The number of hydrogen-bond donors (Lipinski definition) is 1. The van der Waals surface area contributed by atoms with Gasteiger partial charge in [-0.05, 0) is 40.6 Å². The quantitative estimate of drug-likeness (QED) is 0.895. The second-order valence-corrected chi connectivity index (χ2v) is 4.48. The molecule has 1 N–H and O–H groups in total. The number of rotatable bonds is 3. The van der Waals surface area contributed by atoms with E-state index >= 15 is 0 Å². The lowest BCUT2D eigenvalue weighted by Gasteiger charge is -2.07. The van der Waals surface area contributed by atoms with Crippen molar-refractivity contribution in [3.63, 3.8) is 0 Å². The smallest absolute Gasteiger partial charge is 0.0992 e. The minimum absolute atomic E-state index is 0.575. The number of anilines is 1. The van der Waals surface area contributed by atoms with Crippen molar-refractivity contribution in [2.24, 2.45) is 0 Å². The molecule has 0 aliphatic rings. The first-order valence-electron chi connectivity index (χ1n) is 4.74. The molecule has 0 unspecified atom stereocenters. The van der Waals surface area contributed by atoms with Crippen molar-refractivity contribution in [3.8, 4) is 6.07 Å². The van der Waals surface area contributed by atoms with Gasteiger partial charge in [-0.15, -0.1) is 0 Å². The van der Waals surface area contributed by atoms with Crippen molar-refractivity contribution in [2.75, 3.05) is 5.32 Å². The summed E-state index contributed by atoms with van der Waals surface area (Å²) in [5, 5.41) is 16.6. The Hall–Kier alpha value is -1.50. The fourth-order valence-electron chi connectivity index (χ4n) is 1.32. The molecule has 0 amide bonds. The van der Waals surface area contributed by atoms with Crippen molar-refractivity contribution >= 4 is 28.6 Å². The molecule has 0 saturated heterocycles. The molecule has 0 atom stereocenters. The van der Waals surface area contributed by atoms with Crippen LogP contribution in [-0.2, 0) is 6.54 Å². The van der Waals surface area contributed by atoms with Crippen molar-refractivity contribution in [1.29, 1.82) is 5.26 Å². The molecule has 0 spiro atoms. The van der Waals surface area contributed by atoms with Gasteiger partial charge in [0.05, 0.1) is 22.3 Å². The van der Waals surface area contributed by atoms with Crippen LogP contribution >= 0.6 is 22.9 Å². The van der Waals surface area contributed by atoms with Gasteiger partial charge in [0, 0.05) is 6.54 Å². The van der Waals surface area contributed by atoms with Gasteiger partial charge in [0.25, 0.3) is 0 Å². The second kappa shape index (κ2) is 5.02. The lowest BCUT2D eigenvalue weighted by molar-refractivity contribution is 1.16. The van der Waals surface area contributed by atoms with E-state index in [-0.39, 0.29) is 0 Å². The van der Waals surface area contributed by atoms with Crippen LogP contribution in [-0.4, -0.2) is 0 Å². The Labute approximate surface area is 103 Å². The van der Waals surface area contributed by atoms with Crippen LogP contribution in [0.15, 0.2) is 35.0 Å². The molecule has 2 nitrogen and oxygen atoms in total. The number of thiophene rings is 1. The highest BCUT2D eigenvalue weighted by Crippen LogP contribution is 2.23. The Bertz CT molecular complexity index is 514. The molecule has 1 heterocycles. The molecule has 16 heavy (non-hydrogen) atoms. The average Bonchev–Trinajstić information content (AvgIpc) is 2.80. The largest absolute Gasteiger partial charge is 0.380 e. The molecule has 0 aliphatic carbocycles. The topological polar surface area (TPSA) is 35.8 Å². The Morgan fingerprint density at radius 2 is 2.25 bits per heavy atom. The van der Waals surface area contributed by atoms with Gasteiger partial charge in [0.1, 0.15) is 0 Å². The second-order valence-electron chi connectivity index (χ2n) is 3.29. The van der Waals surface area contributed by atoms with E-state index in [2.05, 4.69) is 22.8 Å². The zero-order valence-corrected chi connectivity index (χ0v) is 9.98. The molecule has 2 rings (SSSR count). The van der Waals surface area contributed by atoms with Gasteiger partial charge < -0.3 is 5.32 Å². The van der Waals surface area contributed by atoms with Crippen LogP contribution in [0, 0.1) is 11.3 Å². The summed E-state index contributed by atoms with van der Waals surface area (Å²) < 4.78 is 0. The van der Waals surface area contributed by atoms with Crippen LogP contribution in [0.4, 0.5) is 5.69 Å². The minimum Gasteiger partial charge on any atom is -0.380 e. The highest BCUT2D eigenvalue weighted by molar-refractivity contribution is 7.07. The maximum atomic E-state index is 8.71. The van der Waals surface area contributed by atoms with E-state index in [1.165, 1.54) is 5.56 Å². The maximum absolute atomic E-state index is 8.71. The monoisotopic (exact) mass is 248 g/mol. The van der Waals surface area contributed by atoms with Crippen molar-refractivity contribution in [3.05, 3.63) is 51.2 Å². The molecule has 4 heteroatoms. The first-order chi connectivity index (χ1) is 7.79. The third-order valence-corrected chi connectivity index (χ3v) is 3.21. The third-order valence-electron chi connectivity index (χ3n) is 2.16. The Morgan fingerprint density at radius 3 is 2.88 bits per heavy atom. The molecule has 0 aliphatic heterocycles. The van der Waals surface area contributed by atoms with E-state index in [4.69, 9.17) is 16.9 Å². The van der Waals surface area contributed by atoms with E-state index in [9.17, 15) is 0 Å². The predicted molar refractivity (Wildman–Crippen MR) is 67.8 cm³/mol. The first-order valence-corrected chi connectivity index (χ1v) is 6.06. The molecule has 0 fully saturated rings.